The van der Waals surface area contributed by atoms with Crippen molar-refractivity contribution in [1.29, 1.82) is 0 Å². The SMILES string of the molecule is C/C=C1/[C@H]2OC=C(C(=O)OC)[C@H]1CC(=O)OC[C@H](c1ccc(O)c(O)c1)OC[C@H]1O[C@@H](O2)[C@H](O)[C@@H](O)[C@@H]1O. The van der Waals surface area contributed by atoms with Crippen molar-refractivity contribution >= 4 is 11.9 Å². The first-order valence-electron chi connectivity index (χ1n) is 11.9. The average molecular weight is 539 g/mol. The van der Waals surface area contributed by atoms with Gasteiger partial charge in [-0.15, -0.1) is 0 Å². The molecule has 1 aromatic rings. The van der Waals surface area contributed by atoms with E-state index in [2.05, 4.69) is 0 Å². The van der Waals surface area contributed by atoms with Gasteiger partial charge in [0.2, 0.25) is 6.29 Å². The van der Waals surface area contributed by atoms with Crippen LogP contribution in [0, 0.1) is 5.92 Å². The third-order valence-electron chi connectivity index (χ3n) is 6.65. The Labute approximate surface area is 217 Å². The monoisotopic (exact) mass is 538 g/mol. The number of hydrogen-bond acceptors (Lipinski definition) is 13. The molecule has 208 valence electrons. The number of aliphatic hydroxyl groups excluding tert-OH is 3. The van der Waals surface area contributed by atoms with E-state index in [1.54, 1.807) is 13.0 Å². The highest BCUT2D eigenvalue weighted by Crippen LogP contribution is 2.37. The Morgan fingerprint density at radius 2 is 1.82 bits per heavy atom. The van der Waals surface area contributed by atoms with Crippen LogP contribution in [0.1, 0.15) is 25.0 Å². The number of rotatable bonds is 2. The smallest absolute Gasteiger partial charge is 0.337 e. The number of fused-ring (bicyclic) bond motifs is 4. The first kappa shape index (κ1) is 27.8. The summed E-state index contributed by atoms with van der Waals surface area (Å²) in [4.78, 5) is 25.3. The fourth-order valence-corrected chi connectivity index (χ4v) is 4.50. The second-order valence-electron chi connectivity index (χ2n) is 8.98. The van der Waals surface area contributed by atoms with Crippen molar-refractivity contribution in [2.45, 2.75) is 56.4 Å². The molecule has 38 heavy (non-hydrogen) atoms. The van der Waals surface area contributed by atoms with E-state index < -0.39 is 66.7 Å². The maximum Gasteiger partial charge on any atom is 0.337 e. The van der Waals surface area contributed by atoms with Crippen molar-refractivity contribution in [2.24, 2.45) is 5.92 Å². The van der Waals surface area contributed by atoms with Crippen molar-refractivity contribution in [2.75, 3.05) is 20.3 Å². The van der Waals surface area contributed by atoms with Gasteiger partial charge in [0, 0.05) is 11.5 Å². The van der Waals surface area contributed by atoms with Gasteiger partial charge in [-0.2, -0.15) is 0 Å². The van der Waals surface area contributed by atoms with E-state index in [1.165, 1.54) is 25.3 Å². The number of cyclic esters (lactones) is 1. The van der Waals surface area contributed by atoms with Gasteiger partial charge in [-0.05, 0) is 24.6 Å². The lowest BCUT2D eigenvalue weighted by molar-refractivity contribution is -0.330. The number of ether oxygens (including phenoxy) is 6. The number of phenolic OH excluding ortho intramolecular Hbond substituents is 2. The normalized spacial score (nSPS) is 35.3. The summed E-state index contributed by atoms with van der Waals surface area (Å²) in [6.45, 7) is 0.954. The highest BCUT2D eigenvalue weighted by atomic mass is 16.8. The number of benzene rings is 1. The van der Waals surface area contributed by atoms with Gasteiger partial charge in [0.25, 0.3) is 0 Å². The molecule has 2 saturated heterocycles. The van der Waals surface area contributed by atoms with Gasteiger partial charge < -0.3 is 54.0 Å². The van der Waals surface area contributed by atoms with Crippen molar-refractivity contribution < 1.29 is 63.5 Å². The second-order valence-corrected chi connectivity index (χ2v) is 8.98. The van der Waals surface area contributed by atoms with E-state index in [1.807, 2.05) is 0 Å². The number of carbonyl (C=O) groups excluding carboxylic acids is 2. The van der Waals surface area contributed by atoms with Gasteiger partial charge in [0.05, 0.1) is 32.0 Å². The Bertz CT molecular complexity index is 1100. The zero-order valence-electron chi connectivity index (χ0n) is 20.6. The molecule has 3 aliphatic heterocycles. The minimum Gasteiger partial charge on any atom is -0.504 e. The van der Waals surface area contributed by atoms with Crippen LogP contribution < -0.4 is 0 Å². The predicted octanol–water partition coefficient (Wildman–Crippen LogP) is -0.0977. The Morgan fingerprint density at radius 1 is 1.05 bits per heavy atom. The summed E-state index contributed by atoms with van der Waals surface area (Å²) in [6, 6.07) is 3.89. The number of aromatic hydroxyl groups is 2. The molecule has 0 amide bonds. The average Bonchev–Trinajstić information content (AvgIpc) is 2.90. The Morgan fingerprint density at radius 3 is 2.50 bits per heavy atom. The van der Waals surface area contributed by atoms with Crippen LogP contribution in [0.4, 0.5) is 0 Å². The maximum absolute atomic E-state index is 12.9. The summed E-state index contributed by atoms with van der Waals surface area (Å²) in [5.41, 5.74) is 0.694. The summed E-state index contributed by atoms with van der Waals surface area (Å²) in [5, 5.41) is 51.1. The minimum atomic E-state index is -1.67. The number of phenols is 2. The Hall–Kier alpha value is -3.20. The molecule has 8 atom stereocenters. The van der Waals surface area contributed by atoms with E-state index in [0.717, 1.165) is 6.26 Å². The van der Waals surface area contributed by atoms with Crippen LogP contribution in [0.15, 0.2) is 41.7 Å². The quantitative estimate of drug-likeness (QED) is 0.191. The zero-order chi connectivity index (χ0) is 27.6. The first-order chi connectivity index (χ1) is 18.1. The second kappa shape index (κ2) is 11.7. The lowest BCUT2D eigenvalue weighted by atomic mass is 9.86. The van der Waals surface area contributed by atoms with Crippen molar-refractivity contribution in [3.8, 4) is 11.5 Å². The molecule has 0 unspecified atom stereocenters. The van der Waals surface area contributed by atoms with Gasteiger partial charge in [0.15, 0.2) is 17.8 Å². The van der Waals surface area contributed by atoms with E-state index in [0.29, 0.717) is 11.1 Å². The van der Waals surface area contributed by atoms with Gasteiger partial charge in [-0.25, -0.2) is 4.79 Å². The third-order valence-corrected chi connectivity index (χ3v) is 6.65. The summed E-state index contributed by atoms with van der Waals surface area (Å²) in [5.74, 6) is -3.13. The molecule has 0 aromatic heterocycles. The molecule has 0 spiro atoms. The molecule has 0 saturated carbocycles. The Balaban J connectivity index is 1.70. The van der Waals surface area contributed by atoms with Crippen LogP contribution in [0.25, 0.3) is 0 Å². The van der Waals surface area contributed by atoms with E-state index in [9.17, 15) is 35.1 Å². The summed E-state index contributed by atoms with van der Waals surface area (Å²) < 4.78 is 33.2. The minimum absolute atomic E-state index is 0.0270. The molecule has 0 radical (unpaired) electrons. The highest BCUT2D eigenvalue weighted by Gasteiger charge is 2.47. The van der Waals surface area contributed by atoms with Crippen molar-refractivity contribution in [3.63, 3.8) is 0 Å². The number of methoxy groups -OCH3 is 1. The zero-order valence-corrected chi connectivity index (χ0v) is 20.6. The third kappa shape index (κ3) is 5.62. The van der Waals surface area contributed by atoms with Crippen LogP contribution in [-0.2, 0) is 38.0 Å². The number of hydrogen-bond donors (Lipinski definition) is 5. The topological polar surface area (TPSA) is 191 Å². The molecule has 5 N–H and O–H groups in total. The lowest BCUT2D eigenvalue weighted by Crippen LogP contribution is -2.60. The van der Waals surface area contributed by atoms with Crippen LogP contribution in [0.3, 0.4) is 0 Å². The van der Waals surface area contributed by atoms with Gasteiger partial charge >= 0.3 is 11.9 Å². The molecule has 13 nitrogen and oxygen atoms in total. The van der Waals surface area contributed by atoms with E-state index >= 15 is 0 Å². The van der Waals surface area contributed by atoms with Crippen LogP contribution in [-0.4, -0.2) is 94.8 Å². The molecule has 4 bridgehead atoms. The fraction of sp³-hybridized carbons (Fsp3) is 0.520. The summed E-state index contributed by atoms with van der Waals surface area (Å²) in [6.07, 6.45) is -7.44. The Kier molecular flexibility index (Phi) is 8.55. The molecule has 4 rings (SSSR count). The standard InChI is InChI=1S/C25H30O13/c1-3-12-13-7-19(28)35-9-17(11-4-5-15(26)16(27)6-11)34-10-18-20(29)21(30)22(31)25(37-18)38-24(12)36-8-14(13)23(32)33-2/h3-6,8,13,17-18,20-22,24-27,29-31H,7,9-10H2,1-2H3/b12-3+/t13-,17+,18+,20+,21-,22+,24-,25-/m0/s1. The summed E-state index contributed by atoms with van der Waals surface area (Å²) in [7, 11) is 1.18. The number of aliphatic hydroxyl groups is 3. The first-order valence-corrected chi connectivity index (χ1v) is 11.9. The largest absolute Gasteiger partial charge is 0.504 e. The molecule has 1 aromatic carbocycles. The molecule has 3 aliphatic rings. The van der Waals surface area contributed by atoms with Gasteiger partial charge in [0.1, 0.15) is 37.1 Å². The summed E-state index contributed by atoms with van der Waals surface area (Å²) >= 11 is 0. The van der Waals surface area contributed by atoms with Crippen molar-refractivity contribution in [3.05, 3.63) is 47.2 Å². The maximum atomic E-state index is 12.9. The van der Waals surface area contributed by atoms with E-state index in [4.69, 9.17) is 28.4 Å². The predicted molar refractivity (Wildman–Crippen MR) is 124 cm³/mol. The fourth-order valence-electron chi connectivity index (χ4n) is 4.50. The molecule has 3 heterocycles. The molecular weight excluding hydrogens is 508 g/mol. The van der Waals surface area contributed by atoms with Crippen LogP contribution in [0.2, 0.25) is 0 Å². The van der Waals surface area contributed by atoms with Gasteiger partial charge in [-0.1, -0.05) is 12.1 Å². The van der Waals surface area contributed by atoms with Crippen molar-refractivity contribution in [1.82, 2.24) is 0 Å². The van der Waals surface area contributed by atoms with Crippen LogP contribution >= 0.6 is 0 Å². The van der Waals surface area contributed by atoms with Crippen LogP contribution in [0.5, 0.6) is 11.5 Å². The highest BCUT2D eigenvalue weighted by molar-refractivity contribution is 5.90. The lowest BCUT2D eigenvalue weighted by Gasteiger charge is -2.42. The molecule has 0 aliphatic carbocycles. The molecule has 13 heteroatoms. The molecule has 2 fully saturated rings. The number of esters is 2. The number of allylic oxidation sites excluding steroid dienone is 1. The van der Waals surface area contributed by atoms with E-state index in [-0.39, 0.29) is 31.0 Å². The van der Waals surface area contributed by atoms with Gasteiger partial charge in [-0.3, -0.25) is 4.79 Å². The number of carbonyl (C=O) groups is 2. The molecular formula is C25H30O13.